The molecule has 2 atom stereocenters. The first kappa shape index (κ1) is 17.2. The summed E-state index contributed by atoms with van der Waals surface area (Å²) in [6.45, 7) is 7.60. The lowest BCUT2D eigenvalue weighted by Crippen LogP contribution is -2.40. The van der Waals surface area contributed by atoms with E-state index >= 15 is 0 Å². The fourth-order valence-electron chi connectivity index (χ4n) is 1.70. The molecule has 5 nitrogen and oxygen atoms in total. The first-order valence-corrected chi connectivity index (χ1v) is 7.32. The molecule has 0 fully saturated rings. The highest BCUT2D eigenvalue weighted by Crippen LogP contribution is 2.17. The Morgan fingerprint density at radius 2 is 1.62 bits per heavy atom. The van der Waals surface area contributed by atoms with E-state index in [0.717, 1.165) is 6.42 Å². The van der Waals surface area contributed by atoms with E-state index in [4.69, 9.17) is 5.73 Å². The third-order valence-electron chi connectivity index (χ3n) is 3.48. The summed E-state index contributed by atoms with van der Waals surface area (Å²) in [4.78, 5) is 23.7. The SMILES string of the molecule is CCC(C)[C@H](N)C(=O)Nc1cccc(NC(=O)C(C)C)c1. The molecule has 0 saturated carbocycles. The van der Waals surface area contributed by atoms with Crippen LogP contribution in [0.5, 0.6) is 0 Å². The molecule has 116 valence electrons. The Morgan fingerprint density at radius 1 is 1.10 bits per heavy atom. The minimum absolute atomic E-state index is 0.0604. The van der Waals surface area contributed by atoms with Crippen molar-refractivity contribution in [1.29, 1.82) is 0 Å². The van der Waals surface area contributed by atoms with Gasteiger partial charge in [-0.15, -0.1) is 0 Å². The molecule has 1 aromatic carbocycles. The van der Waals surface area contributed by atoms with E-state index in [2.05, 4.69) is 10.6 Å². The molecule has 4 N–H and O–H groups in total. The lowest BCUT2D eigenvalue weighted by atomic mass is 9.99. The quantitative estimate of drug-likeness (QED) is 0.753. The Morgan fingerprint density at radius 3 is 2.10 bits per heavy atom. The number of hydrogen-bond acceptors (Lipinski definition) is 3. The van der Waals surface area contributed by atoms with Crippen molar-refractivity contribution >= 4 is 23.2 Å². The van der Waals surface area contributed by atoms with Crippen molar-refractivity contribution in [3.8, 4) is 0 Å². The molecule has 2 amide bonds. The minimum Gasteiger partial charge on any atom is -0.326 e. The van der Waals surface area contributed by atoms with Crippen LogP contribution in [0.4, 0.5) is 11.4 Å². The number of rotatable bonds is 6. The van der Waals surface area contributed by atoms with Crippen LogP contribution in [0.2, 0.25) is 0 Å². The van der Waals surface area contributed by atoms with Crippen LogP contribution in [0.15, 0.2) is 24.3 Å². The third-order valence-corrected chi connectivity index (χ3v) is 3.48. The molecule has 1 rings (SSSR count). The van der Waals surface area contributed by atoms with Gasteiger partial charge in [0.05, 0.1) is 6.04 Å². The Bertz CT molecular complexity index is 500. The zero-order valence-corrected chi connectivity index (χ0v) is 13.1. The molecular weight excluding hydrogens is 266 g/mol. The Hall–Kier alpha value is -1.88. The van der Waals surface area contributed by atoms with Crippen molar-refractivity contribution in [2.24, 2.45) is 17.6 Å². The molecular formula is C16H25N3O2. The van der Waals surface area contributed by atoms with Crippen molar-refractivity contribution in [2.45, 2.75) is 40.2 Å². The zero-order chi connectivity index (χ0) is 16.0. The summed E-state index contributed by atoms with van der Waals surface area (Å²) >= 11 is 0. The molecule has 0 heterocycles. The average molecular weight is 291 g/mol. The predicted octanol–water partition coefficient (Wildman–Crippen LogP) is 2.59. The number of hydrogen-bond donors (Lipinski definition) is 3. The van der Waals surface area contributed by atoms with Crippen molar-refractivity contribution < 1.29 is 9.59 Å². The van der Waals surface area contributed by atoms with Gasteiger partial charge in [-0.2, -0.15) is 0 Å². The number of amides is 2. The normalized spacial score (nSPS) is 13.6. The van der Waals surface area contributed by atoms with E-state index < -0.39 is 6.04 Å². The first-order chi connectivity index (χ1) is 9.85. The van der Waals surface area contributed by atoms with Crippen LogP contribution in [0.1, 0.15) is 34.1 Å². The summed E-state index contributed by atoms with van der Waals surface area (Å²) < 4.78 is 0. The maximum Gasteiger partial charge on any atom is 0.241 e. The van der Waals surface area contributed by atoms with E-state index in [1.165, 1.54) is 0 Å². The second-order valence-electron chi connectivity index (χ2n) is 5.63. The minimum atomic E-state index is -0.538. The van der Waals surface area contributed by atoms with Crippen molar-refractivity contribution in [1.82, 2.24) is 0 Å². The first-order valence-electron chi connectivity index (χ1n) is 7.32. The monoisotopic (exact) mass is 291 g/mol. The van der Waals surface area contributed by atoms with Crippen molar-refractivity contribution in [2.75, 3.05) is 10.6 Å². The number of nitrogens with one attached hydrogen (secondary N) is 2. The molecule has 0 aliphatic rings. The average Bonchev–Trinajstić information content (AvgIpc) is 2.45. The van der Waals surface area contributed by atoms with Gasteiger partial charge in [-0.1, -0.05) is 40.2 Å². The van der Waals surface area contributed by atoms with E-state index in [0.29, 0.717) is 11.4 Å². The van der Waals surface area contributed by atoms with Gasteiger partial charge < -0.3 is 16.4 Å². The van der Waals surface area contributed by atoms with Gasteiger partial charge in [0.25, 0.3) is 0 Å². The number of anilines is 2. The highest BCUT2D eigenvalue weighted by Gasteiger charge is 2.19. The highest BCUT2D eigenvalue weighted by molar-refractivity contribution is 5.96. The molecule has 21 heavy (non-hydrogen) atoms. The second kappa shape index (κ2) is 7.78. The van der Waals surface area contributed by atoms with Crippen LogP contribution in [0.25, 0.3) is 0 Å². The molecule has 0 aliphatic heterocycles. The summed E-state index contributed by atoms with van der Waals surface area (Å²) in [5.41, 5.74) is 7.18. The fourth-order valence-corrected chi connectivity index (χ4v) is 1.70. The van der Waals surface area contributed by atoms with E-state index in [1.54, 1.807) is 24.3 Å². The second-order valence-corrected chi connectivity index (χ2v) is 5.63. The molecule has 0 spiro atoms. The van der Waals surface area contributed by atoms with Gasteiger partial charge >= 0.3 is 0 Å². The van der Waals surface area contributed by atoms with Crippen LogP contribution in [-0.4, -0.2) is 17.9 Å². The van der Waals surface area contributed by atoms with Gasteiger partial charge in [0.2, 0.25) is 11.8 Å². The summed E-state index contributed by atoms with van der Waals surface area (Å²) in [5, 5.41) is 5.58. The van der Waals surface area contributed by atoms with Crippen molar-refractivity contribution in [3.05, 3.63) is 24.3 Å². The van der Waals surface area contributed by atoms with Gasteiger partial charge in [-0.05, 0) is 24.1 Å². The van der Waals surface area contributed by atoms with E-state index in [1.807, 2.05) is 27.7 Å². The maximum atomic E-state index is 12.0. The summed E-state index contributed by atoms with van der Waals surface area (Å²) in [5.74, 6) is -0.248. The Labute approximate surface area is 126 Å². The van der Waals surface area contributed by atoms with Crippen LogP contribution in [0, 0.1) is 11.8 Å². The number of nitrogens with two attached hydrogens (primary N) is 1. The summed E-state index contributed by atoms with van der Waals surface area (Å²) in [7, 11) is 0. The summed E-state index contributed by atoms with van der Waals surface area (Å²) in [6, 6.07) is 6.52. The van der Waals surface area contributed by atoms with Gasteiger partial charge in [-0.25, -0.2) is 0 Å². The molecule has 0 radical (unpaired) electrons. The molecule has 0 bridgehead atoms. The molecule has 0 saturated heterocycles. The van der Waals surface area contributed by atoms with Crippen molar-refractivity contribution in [3.63, 3.8) is 0 Å². The third kappa shape index (κ3) is 5.19. The van der Waals surface area contributed by atoms with Crippen LogP contribution in [-0.2, 0) is 9.59 Å². The smallest absolute Gasteiger partial charge is 0.241 e. The zero-order valence-electron chi connectivity index (χ0n) is 13.1. The van der Waals surface area contributed by atoms with Crippen LogP contribution in [0.3, 0.4) is 0 Å². The maximum absolute atomic E-state index is 12.0. The fraction of sp³-hybridized carbons (Fsp3) is 0.500. The van der Waals surface area contributed by atoms with E-state index in [-0.39, 0.29) is 23.7 Å². The topological polar surface area (TPSA) is 84.2 Å². The highest BCUT2D eigenvalue weighted by atomic mass is 16.2. The Kier molecular flexibility index (Phi) is 6.37. The van der Waals surface area contributed by atoms with E-state index in [9.17, 15) is 9.59 Å². The van der Waals surface area contributed by atoms with Gasteiger partial charge in [0.1, 0.15) is 0 Å². The lowest BCUT2D eigenvalue weighted by molar-refractivity contribution is -0.119. The number of carbonyl (C=O) groups is 2. The number of benzene rings is 1. The summed E-state index contributed by atoms with van der Waals surface area (Å²) in [6.07, 6.45) is 0.846. The lowest BCUT2D eigenvalue weighted by Gasteiger charge is -2.18. The molecule has 1 aromatic rings. The van der Waals surface area contributed by atoms with Gasteiger partial charge in [0.15, 0.2) is 0 Å². The molecule has 0 aromatic heterocycles. The number of carbonyl (C=O) groups excluding carboxylic acids is 2. The van der Waals surface area contributed by atoms with Crippen LogP contribution >= 0.6 is 0 Å². The van der Waals surface area contributed by atoms with Gasteiger partial charge in [0, 0.05) is 17.3 Å². The molecule has 0 aliphatic carbocycles. The predicted molar refractivity (Wildman–Crippen MR) is 86.0 cm³/mol. The van der Waals surface area contributed by atoms with Crippen LogP contribution < -0.4 is 16.4 Å². The largest absolute Gasteiger partial charge is 0.326 e. The van der Waals surface area contributed by atoms with Gasteiger partial charge in [-0.3, -0.25) is 9.59 Å². The standard InChI is InChI=1S/C16H25N3O2/c1-5-11(4)14(17)16(21)19-13-8-6-7-12(9-13)18-15(20)10(2)3/h6-11,14H,5,17H2,1-4H3,(H,18,20)(H,19,21)/t11?,14-/m0/s1. The Balaban J connectivity index is 2.72. The molecule has 1 unspecified atom stereocenters. The molecule has 5 heteroatoms.